The van der Waals surface area contributed by atoms with E-state index in [1.165, 1.54) is 12.4 Å². The minimum atomic E-state index is -0.418. The summed E-state index contributed by atoms with van der Waals surface area (Å²) in [5.41, 5.74) is 0.775. The van der Waals surface area contributed by atoms with E-state index in [9.17, 15) is 10.1 Å². The Morgan fingerprint density at radius 1 is 1.58 bits per heavy atom. The lowest BCUT2D eigenvalue weighted by molar-refractivity contribution is -0.383. The summed E-state index contributed by atoms with van der Waals surface area (Å²) < 4.78 is 0. The molecule has 12 heavy (non-hydrogen) atoms. The van der Waals surface area contributed by atoms with Gasteiger partial charge in [-0.05, 0) is 6.07 Å². The number of nitro groups is 1. The van der Waals surface area contributed by atoms with Crippen molar-refractivity contribution in [1.29, 1.82) is 0 Å². The van der Waals surface area contributed by atoms with E-state index in [4.69, 9.17) is 0 Å². The van der Waals surface area contributed by atoms with Gasteiger partial charge in [-0.15, -0.1) is 0 Å². The molecule has 0 aliphatic carbocycles. The molecule has 0 radical (unpaired) electrons. The molecule has 2 rings (SSSR count). The number of aromatic amines is 1. The Bertz CT molecular complexity index is 435. The maximum absolute atomic E-state index is 10.4. The van der Waals surface area contributed by atoms with Gasteiger partial charge in [0.15, 0.2) is 0 Å². The highest BCUT2D eigenvalue weighted by Crippen LogP contribution is 2.23. The van der Waals surface area contributed by atoms with E-state index in [0.29, 0.717) is 10.9 Å². The zero-order valence-electron chi connectivity index (χ0n) is 6.02. The molecule has 0 aliphatic heterocycles. The molecule has 2 aromatic rings. The van der Waals surface area contributed by atoms with Crippen molar-refractivity contribution in [3.05, 3.63) is 34.8 Å². The number of rotatable bonds is 1. The second kappa shape index (κ2) is 2.30. The number of fused-ring (bicyclic) bond motifs is 1. The first-order valence-electron chi connectivity index (χ1n) is 3.34. The third-order valence-corrected chi connectivity index (χ3v) is 1.66. The van der Waals surface area contributed by atoms with Gasteiger partial charge in [0.05, 0.1) is 28.2 Å². The summed E-state index contributed by atoms with van der Waals surface area (Å²) in [6, 6.07) is 1.62. The summed E-state index contributed by atoms with van der Waals surface area (Å²) in [6.07, 6.45) is 4.46. The Hall–Kier alpha value is -1.91. The minimum absolute atomic E-state index is 0.0902. The van der Waals surface area contributed by atoms with Crippen molar-refractivity contribution in [2.45, 2.75) is 0 Å². The number of aromatic nitrogens is 2. The Kier molecular flexibility index (Phi) is 1.30. The van der Waals surface area contributed by atoms with Crippen molar-refractivity contribution in [3.8, 4) is 0 Å². The van der Waals surface area contributed by atoms with Crippen molar-refractivity contribution < 1.29 is 4.92 Å². The van der Waals surface area contributed by atoms with E-state index in [2.05, 4.69) is 9.97 Å². The highest BCUT2D eigenvalue weighted by atomic mass is 16.6. The molecule has 1 N–H and O–H groups in total. The lowest BCUT2D eigenvalue weighted by atomic mass is 10.3. The summed E-state index contributed by atoms with van der Waals surface area (Å²) in [5, 5.41) is 11.0. The van der Waals surface area contributed by atoms with E-state index >= 15 is 0 Å². The van der Waals surface area contributed by atoms with E-state index in [1.807, 2.05) is 0 Å². The van der Waals surface area contributed by atoms with Gasteiger partial charge < -0.3 is 4.98 Å². The molecule has 0 spiro atoms. The molecular formula is C7H5N3O2. The zero-order valence-corrected chi connectivity index (χ0v) is 6.02. The third kappa shape index (κ3) is 0.833. The molecule has 0 aromatic carbocycles. The maximum Gasteiger partial charge on any atom is 0.294 e. The molecule has 0 amide bonds. The molecule has 0 saturated heterocycles. The van der Waals surface area contributed by atoms with Crippen LogP contribution in [0.5, 0.6) is 0 Å². The van der Waals surface area contributed by atoms with Crippen molar-refractivity contribution in [3.63, 3.8) is 0 Å². The van der Waals surface area contributed by atoms with Crippen LogP contribution in [0.25, 0.3) is 10.9 Å². The van der Waals surface area contributed by atoms with Gasteiger partial charge in [0.1, 0.15) is 0 Å². The molecule has 5 nitrogen and oxygen atoms in total. The van der Waals surface area contributed by atoms with Crippen LogP contribution in [-0.2, 0) is 0 Å². The number of nitrogens with zero attached hydrogens (tertiary/aromatic N) is 2. The Morgan fingerprint density at radius 2 is 2.42 bits per heavy atom. The van der Waals surface area contributed by atoms with Crippen LogP contribution in [0.2, 0.25) is 0 Å². The molecule has 0 atom stereocenters. The largest absolute Gasteiger partial charge is 0.354 e. The average molecular weight is 163 g/mol. The van der Waals surface area contributed by atoms with E-state index < -0.39 is 4.92 Å². The fraction of sp³-hybridized carbons (Fsp3) is 0. The van der Waals surface area contributed by atoms with Gasteiger partial charge in [0, 0.05) is 6.20 Å². The van der Waals surface area contributed by atoms with Gasteiger partial charge in [-0.1, -0.05) is 0 Å². The molecule has 0 saturated carbocycles. The van der Waals surface area contributed by atoms with Crippen molar-refractivity contribution in [2.24, 2.45) is 0 Å². The maximum atomic E-state index is 10.4. The molecule has 5 heteroatoms. The van der Waals surface area contributed by atoms with Gasteiger partial charge in [-0.3, -0.25) is 15.1 Å². The SMILES string of the molecule is O=[N+]([O-])c1c[nH]c2cnccc12. The quantitative estimate of drug-likeness (QED) is 0.511. The van der Waals surface area contributed by atoms with Gasteiger partial charge >= 0.3 is 0 Å². The normalized spacial score (nSPS) is 10.3. The van der Waals surface area contributed by atoms with Crippen LogP contribution in [0.1, 0.15) is 0 Å². The van der Waals surface area contributed by atoms with Crippen LogP contribution < -0.4 is 0 Å². The number of nitrogens with one attached hydrogen (secondary N) is 1. The minimum Gasteiger partial charge on any atom is -0.354 e. The van der Waals surface area contributed by atoms with Crippen LogP contribution in [0.4, 0.5) is 5.69 Å². The molecule has 0 bridgehead atoms. The first-order chi connectivity index (χ1) is 5.79. The van der Waals surface area contributed by atoms with E-state index in [0.717, 1.165) is 0 Å². The number of H-pyrrole nitrogens is 1. The van der Waals surface area contributed by atoms with Crippen molar-refractivity contribution in [2.75, 3.05) is 0 Å². The van der Waals surface area contributed by atoms with Crippen LogP contribution in [0.15, 0.2) is 24.7 Å². The first-order valence-corrected chi connectivity index (χ1v) is 3.34. The predicted octanol–water partition coefficient (Wildman–Crippen LogP) is 1.47. The predicted molar refractivity (Wildman–Crippen MR) is 42.7 cm³/mol. The standard InChI is InChI=1S/C7H5N3O2/c11-10(12)7-4-9-6-3-8-2-1-5(6)7/h1-4,9H. The topological polar surface area (TPSA) is 71.8 Å². The van der Waals surface area contributed by atoms with Crippen molar-refractivity contribution in [1.82, 2.24) is 9.97 Å². The number of pyridine rings is 1. The Balaban J connectivity index is 2.79. The second-order valence-corrected chi connectivity index (χ2v) is 2.35. The summed E-state index contributed by atoms with van der Waals surface area (Å²) in [4.78, 5) is 16.6. The highest BCUT2D eigenvalue weighted by molar-refractivity contribution is 5.87. The van der Waals surface area contributed by atoms with Gasteiger partial charge in [-0.25, -0.2) is 0 Å². The van der Waals surface area contributed by atoms with Crippen LogP contribution >= 0.6 is 0 Å². The first kappa shape index (κ1) is 6.78. The van der Waals surface area contributed by atoms with Crippen molar-refractivity contribution >= 4 is 16.6 Å². The highest BCUT2D eigenvalue weighted by Gasteiger charge is 2.12. The lowest BCUT2D eigenvalue weighted by Gasteiger charge is -1.86. The molecular weight excluding hydrogens is 158 g/mol. The van der Waals surface area contributed by atoms with Crippen LogP contribution in [0, 0.1) is 10.1 Å². The van der Waals surface area contributed by atoms with Gasteiger partial charge in [0.2, 0.25) is 0 Å². The number of hydrogen-bond donors (Lipinski definition) is 1. The number of hydrogen-bond acceptors (Lipinski definition) is 3. The second-order valence-electron chi connectivity index (χ2n) is 2.35. The van der Waals surface area contributed by atoms with E-state index in [1.54, 1.807) is 12.3 Å². The molecule has 0 fully saturated rings. The summed E-state index contributed by atoms with van der Waals surface area (Å²) in [6.45, 7) is 0. The van der Waals surface area contributed by atoms with Crippen LogP contribution in [0.3, 0.4) is 0 Å². The molecule has 60 valence electrons. The lowest BCUT2D eigenvalue weighted by Crippen LogP contribution is -1.84. The van der Waals surface area contributed by atoms with Gasteiger partial charge in [0.25, 0.3) is 5.69 Å². The fourth-order valence-corrected chi connectivity index (χ4v) is 1.11. The van der Waals surface area contributed by atoms with E-state index in [-0.39, 0.29) is 5.69 Å². The fourth-order valence-electron chi connectivity index (χ4n) is 1.11. The summed E-state index contributed by atoms with van der Waals surface area (Å²) in [7, 11) is 0. The van der Waals surface area contributed by atoms with Gasteiger partial charge in [-0.2, -0.15) is 0 Å². The van der Waals surface area contributed by atoms with Crippen LogP contribution in [-0.4, -0.2) is 14.9 Å². The average Bonchev–Trinajstić information content (AvgIpc) is 2.47. The zero-order chi connectivity index (χ0) is 8.55. The monoisotopic (exact) mass is 163 g/mol. The Labute approximate surface area is 67.2 Å². The smallest absolute Gasteiger partial charge is 0.294 e. The molecule has 0 aliphatic rings. The molecule has 2 aromatic heterocycles. The Morgan fingerprint density at radius 3 is 3.17 bits per heavy atom. The summed E-state index contributed by atoms with van der Waals surface area (Å²) in [5.74, 6) is 0. The summed E-state index contributed by atoms with van der Waals surface area (Å²) >= 11 is 0. The molecule has 0 unspecified atom stereocenters. The third-order valence-electron chi connectivity index (χ3n) is 1.66. The molecule has 2 heterocycles.